The second-order valence-corrected chi connectivity index (χ2v) is 6.67. The van der Waals surface area contributed by atoms with Crippen LogP contribution in [0.4, 0.5) is 0 Å². The smallest absolute Gasteiger partial charge is 0.330 e. The third-order valence-electron chi connectivity index (χ3n) is 3.93. The molecule has 23 heavy (non-hydrogen) atoms. The van der Waals surface area contributed by atoms with Gasteiger partial charge < -0.3 is 4.74 Å². The van der Waals surface area contributed by atoms with Crippen molar-refractivity contribution in [1.29, 1.82) is 0 Å². The second-order valence-electron chi connectivity index (χ2n) is 6.67. The Labute approximate surface area is 142 Å². The Morgan fingerprint density at radius 2 is 1.61 bits per heavy atom. The molecule has 0 rings (SSSR count). The van der Waals surface area contributed by atoms with Crippen LogP contribution < -0.4 is 0 Å². The van der Waals surface area contributed by atoms with E-state index in [0.717, 1.165) is 17.6 Å². The number of hydrogen-bond donors (Lipinski definition) is 0. The number of ether oxygens (including phenoxy) is 1. The Morgan fingerprint density at radius 3 is 2.09 bits per heavy atom. The molecule has 0 aliphatic carbocycles. The predicted molar refractivity (Wildman–Crippen MR) is 100 cm³/mol. The van der Waals surface area contributed by atoms with Crippen LogP contribution in [0.1, 0.15) is 54.9 Å². The summed E-state index contributed by atoms with van der Waals surface area (Å²) in [5.74, 6) is -0.331. The molecule has 0 saturated heterocycles. The van der Waals surface area contributed by atoms with Crippen LogP contribution in [0.15, 0.2) is 58.7 Å². The molecule has 0 N–H and O–H groups in total. The maximum atomic E-state index is 11.1. The molecule has 0 fully saturated rings. The van der Waals surface area contributed by atoms with Crippen LogP contribution in [0.5, 0.6) is 0 Å². The summed E-state index contributed by atoms with van der Waals surface area (Å²) in [6, 6.07) is 0. The fraction of sp³-hybridized carbons (Fsp3) is 0.476. The molecular formula is C21H32O2. The van der Waals surface area contributed by atoms with Gasteiger partial charge in [-0.2, -0.15) is 0 Å². The first-order valence-electron chi connectivity index (χ1n) is 8.11. The first-order valence-corrected chi connectivity index (χ1v) is 8.11. The molecule has 0 radical (unpaired) electrons. The summed E-state index contributed by atoms with van der Waals surface area (Å²) in [4.78, 5) is 11.1. The highest BCUT2D eigenvalue weighted by molar-refractivity contribution is 5.83. The number of carbonyl (C=O) groups excluding carboxylic acids is 1. The van der Waals surface area contributed by atoms with Gasteiger partial charge >= 0.3 is 5.97 Å². The molecule has 0 spiro atoms. The first-order chi connectivity index (χ1) is 10.6. The summed E-state index contributed by atoms with van der Waals surface area (Å²) in [5, 5.41) is 0. The Morgan fingerprint density at radius 1 is 1.00 bits per heavy atom. The van der Waals surface area contributed by atoms with Gasteiger partial charge in [-0.05, 0) is 50.7 Å². The third-order valence-corrected chi connectivity index (χ3v) is 3.93. The van der Waals surface area contributed by atoms with Gasteiger partial charge in [0.05, 0.1) is 7.11 Å². The lowest BCUT2D eigenvalue weighted by Crippen LogP contribution is -2.13. The molecule has 0 aromatic rings. The van der Waals surface area contributed by atoms with E-state index in [4.69, 9.17) is 0 Å². The van der Waals surface area contributed by atoms with Crippen molar-refractivity contribution in [3.63, 3.8) is 0 Å². The van der Waals surface area contributed by atoms with Crippen LogP contribution in [-0.2, 0) is 9.53 Å². The Kier molecular flexibility index (Phi) is 9.24. The molecule has 2 nitrogen and oxygen atoms in total. The number of carbonyl (C=O) groups is 1. The average Bonchev–Trinajstić information content (AvgIpc) is 2.46. The van der Waals surface area contributed by atoms with Gasteiger partial charge in [-0.3, -0.25) is 0 Å². The van der Waals surface area contributed by atoms with Gasteiger partial charge in [0.2, 0.25) is 0 Å². The maximum Gasteiger partial charge on any atom is 0.330 e. The molecule has 2 heteroatoms. The van der Waals surface area contributed by atoms with E-state index in [2.05, 4.69) is 58.4 Å². The van der Waals surface area contributed by atoms with Gasteiger partial charge in [0, 0.05) is 6.08 Å². The van der Waals surface area contributed by atoms with Gasteiger partial charge in [0.25, 0.3) is 0 Å². The minimum Gasteiger partial charge on any atom is -0.466 e. The first kappa shape index (κ1) is 21.2. The van der Waals surface area contributed by atoms with Crippen LogP contribution in [0.3, 0.4) is 0 Å². The van der Waals surface area contributed by atoms with E-state index in [1.54, 1.807) is 0 Å². The maximum absolute atomic E-state index is 11.1. The highest BCUT2D eigenvalue weighted by Gasteiger charge is 2.19. The Hall–Kier alpha value is -1.83. The summed E-state index contributed by atoms with van der Waals surface area (Å²) in [5.41, 5.74) is 4.96. The standard InChI is InChI=1S/C21H32O2/c1-9-21(6,7)19(16(2)3)14-13-17(4)11-10-12-18(5)15-20(22)23-8/h10-15H,9H2,1-8H3/b12-10+,14-13+,17-11+,18-15+. The van der Waals surface area contributed by atoms with Crippen molar-refractivity contribution in [2.75, 3.05) is 7.11 Å². The molecule has 128 valence electrons. The number of allylic oxidation sites excluding steroid dienone is 9. The van der Waals surface area contributed by atoms with Crippen LogP contribution in [0.2, 0.25) is 0 Å². The average molecular weight is 316 g/mol. The second kappa shape index (κ2) is 10.0. The van der Waals surface area contributed by atoms with E-state index in [-0.39, 0.29) is 11.4 Å². The number of methoxy groups -OCH3 is 1. The number of esters is 1. The zero-order chi connectivity index (χ0) is 18.0. The van der Waals surface area contributed by atoms with Gasteiger partial charge in [-0.1, -0.05) is 62.3 Å². The van der Waals surface area contributed by atoms with Crippen molar-refractivity contribution in [2.24, 2.45) is 5.41 Å². The molecule has 0 atom stereocenters. The lowest BCUT2D eigenvalue weighted by Gasteiger charge is -2.26. The normalized spacial score (nSPS) is 13.7. The molecular weight excluding hydrogens is 284 g/mol. The van der Waals surface area contributed by atoms with Crippen molar-refractivity contribution in [2.45, 2.75) is 54.9 Å². The van der Waals surface area contributed by atoms with Crippen molar-refractivity contribution >= 4 is 5.97 Å². The predicted octanol–water partition coefficient (Wildman–Crippen LogP) is 5.94. The van der Waals surface area contributed by atoms with Gasteiger partial charge in [0.15, 0.2) is 0 Å². The molecule has 0 bridgehead atoms. The van der Waals surface area contributed by atoms with Crippen molar-refractivity contribution in [3.8, 4) is 0 Å². The summed E-state index contributed by atoms with van der Waals surface area (Å²) in [6.45, 7) is 15.0. The van der Waals surface area contributed by atoms with Crippen molar-refractivity contribution in [1.82, 2.24) is 0 Å². The van der Waals surface area contributed by atoms with Crippen LogP contribution in [-0.4, -0.2) is 13.1 Å². The Balaban J connectivity index is 5.06. The van der Waals surface area contributed by atoms with Crippen LogP contribution in [0, 0.1) is 5.41 Å². The van der Waals surface area contributed by atoms with Crippen molar-refractivity contribution < 1.29 is 9.53 Å². The number of hydrogen-bond acceptors (Lipinski definition) is 2. The van der Waals surface area contributed by atoms with E-state index in [9.17, 15) is 4.79 Å². The summed E-state index contributed by atoms with van der Waals surface area (Å²) >= 11 is 0. The largest absolute Gasteiger partial charge is 0.466 e. The molecule has 0 aliphatic heterocycles. The molecule has 0 amide bonds. The lowest BCUT2D eigenvalue weighted by molar-refractivity contribution is -0.134. The van der Waals surface area contributed by atoms with Gasteiger partial charge in [-0.15, -0.1) is 0 Å². The van der Waals surface area contributed by atoms with E-state index < -0.39 is 0 Å². The highest BCUT2D eigenvalue weighted by Crippen LogP contribution is 2.33. The van der Waals surface area contributed by atoms with E-state index in [0.29, 0.717) is 0 Å². The van der Waals surface area contributed by atoms with Crippen LogP contribution >= 0.6 is 0 Å². The summed E-state index contributed by atoms with van der Waals surface area (Å²) in [7, 11) is 1.38. The zero-order valence-corrected chi connectivity index (χ0v) is 16.0. The van der Waals surface area contributed by atoms with Crippen molar-refractivity contribution in [3.05, 3.63) is 58.7 Å². The fourth-order valence-electron chi connectivity index (χ4n) is 2.17. The fourth-order valence-corrected chi connectivity index (χ4v) is 2.17. The topological polar surface area (TPSA) is 26.3 Å². The SMILES string of the molecule is CCC(C)(C)C(/C=C/C(C)=C/C=C/C(C)=C/C(=O)OC)=C(C)C. The summed E-state index contributed by atoms with van der Waals surface area (Å²) in [6.07, 6.45) is 12.8. The molecule has 0 unspecified atom stereocenters. The van der Waals surface area contributed by atoms with E-state index in [1.165, 1.54) is 24.3 Å². The molecule has 0 saturated carbocycles. The minimum absolute atomic E-state index is 0.186. The lowest BCUT2D eigenvalue weighted by atomic mass is 9.79. The third kappa shape index (κ3) is 8.39. The highest BCUT2D eigenvalue weighted by atomic mass is 16.5. The molecule has 0 aliphatic rings. The van der Waals surface area contributed by atoms with Crippen LogP contribution in [0.25, 0.3) is 0 Å². The molecule has 0 aromatic heterocycles. The zero-order valence-electron chi connectivity index (χ0n) is 16.0. The quantitative estimate of drug-likeness (QED) is 0.330. The number of rotatable bonds is 7. The summed E-state index contributed by atoms with van der Waals surface area (Å²) < 4.78 is 4.60. The van der Waals surface area contributed by atoms with Gasteiger partial charge in [-0.25, -0.2) is 4.79 Å². The monoisotopic (exact) mass is 316 g/mol. The van der Waals surface area contributed by atoms with E-state index in [1.807, 2.05) is 25.2 Å². The molecule has 0 heterocycles. The van der Waals surface area contributed by atoms with Gasteiger partial charge in [0.1, 0.15) is 0 Å². The van der Waals surface area contributed by atoms with E-state index >= 15 is 0 Å². The Bertz CT molecular complexity index is 548. The minimum atomic E-state index is -0.331. The molecule has 0 aromatic carbocycles.